The van der Waals surface area contributed by atoms with Gasteiger partial charge in [-0.05, 0) is 45.6 Å². The lowest BCUT2D eigenvalue weighted by Crippen LogP contribution is -2.53. The molecular formula is C20H29IN2O2. The smallest absolute Gasteiger partial charge is 0.410 e. The summed E-state index contributed by atoms with van der Waals surface area (Å²) in [5.74, 6) is 0. The monoisotopic (exact) mass is 456 g/mol. The minimum Gasteiger partial charge on any atom is -0.444 e. The Balaban J connectivity index is 1.64. The summed E-state index contributed by atoms with van der Waals surface area (Å²) >= 11 is 2.59. The molecule has 3 rings (SSSR count). The van der Waals surface area contributed by atoms with E-state index >= 15 is 0 Å². The second kappa shape index (κ2) is 7.43. The molecule has 1 spiro atoms. The first kappa shape index (κ1) is 19.0. The van der Waals surface area contributed by atoms with Gasteiger partial charge in [-0.3, -0.25) is 4.90 Å². The quantitative estimate of drug-likeness (QED) is 0.487. The van der Waals surface area contributed by atoms with Crippen molar-refractivity contribution in [1.29, 1.82) is 0 Å². The van der Waals surface area contributed by atoms with Crippen molar-refractivity contribution in [3.05, 3.63) is 35.9 Å². The van der Waals surface area contributed by atoms with Crippen molar-refractivity contribution in [2.75, 3.05) is 19.6 Å². The Morgan fingerprint density at radius 2 is 1.88 bits per heavy atom. The molecular weight excluding hydrogens is 427 g/mol. The number of nitrogens with zero attached hydrogens (tertiary/aromatic N) is 2. The van der Waals surface area contributed by atoms with Gasteiger partial charge in [0, 0.05) is 35.6 Å². The molecule has 2 aliphatic rings. The average molecular weight is 456 g/mol. The van der Waals surface area contributed by atoms with Crippen LogP contribution in [0.4, 0.5) is 4.79 Å². The Labute approximate surface area is 165 Å². The van der Waals surface area contributed by atoms with Gasteiger partial charge in [0.25, 0.3) is 0 Å². The number of rotatable bonds is 2. The van der Waals surface area contributed by atoms with Gasteiger partial charge < -0.3 is 9.64 Å². The van der Waals surface area contributed by atoms with Gasteiger partial charge in [0.05, 0.1) is 0 Å². The van der Waals surface area contributed by atoms with Crippen LogP contribution >= 0.6 is 22.6 Å². The molecule has 138 valence electrons. The van der Waals surface area contributed by atoms with Gasteiger partial charge in [-0.25, -0.2) is 4.79 Å². The van der Waals surface area contributed by atoms with Crippen LogP contribution in [0.3, 0.4) is 0 Å². The Morgan fingerprint density at radius 3 is 2.48 bits per heavy atom. The van der Waals surface area contributed by atoms with Crippen LogP contribution in [0.2, 0.25) is 0 Å². The zero-order valence-electron chi connectivity index (χ0n) is 15.5. The molecule has 2 fully saturated rings. The maximum absolute atomic E-state index is 12.3. The fourth-order valence-electron chi connectivity index (χ4n) is 4.03. The molecule has 2 saturated heterocycles. The summed E-state index contributed by atoms with van der Waals surface area (Å²) in [6.07, 6.45) is 3.14. The summed E-state index contributed by atoms with van der Waals surface area (Å²) in [6, 6.07) is 10.7. The summed E-state index contributed by atoms with van der Waals surface area (Å²) in [4.78, 5) is 16.9. The summed E-state index contributed by atoms with van der Waals surface area (Å²) in [6.45, 7) is 9.52. The standard InChI is InChI=1S/C20H29IN2O2/c1-19(2,3)25-18(24)22-11-9-20(10-12-22)13-17(21)15-23(20)14-16-7-5-4-6-8-16/h4-8,17H,9-15H2,1-3H3. The van der Waals surface area contributed by atoms with Crippen LogP contribution in [-0.2, 0) is 11.3 Å². The van der Waals surface area contributed by atoms with Crippen LogP contribution in [0, 0.1) is 0 Å². The van der Waals surface area contributed by atoms with E-state index in [1.165, 1.54) is 12.0 Å². The molecule has 0 radical (unpaired) electrons. The van der Waals surface area contributed by atoms with Crippen LogP contribution in [0.15, 0.2) is 30.3 Å². The summed E-state index contributed by atoms with van der Waals surface area (Å²) in [5, 5.41) is 0. The summed E-state index contributed by atoms with van der Waals surface area (Å²) in [5.41, 5.74) is 1.19. The van der Waals surface area contributed by atoms with Crippen LogP contribution in [0.5, 0.6) is 0 Å². The van der Waals surface area contributed by atoms with E-state index in [2.05, 4.69) is 57.8 Å². The third kappa shape index (κ3) is 4.67. The average Bonchev–Trinajstić information content (AvgIpc) is 2.82. The predicted octanol–water partition coefficient (Wildman–Crippen LogP) is 4.47. The summed E-state index contributed by atoms with van der Waals surface area (Å²) in [7, 11) is 0. The van der Waals surface area contributed by atoms with Gasteiger partial charge in [0.2, 0.25) is 0 Å². The lowest BCUT2D eigenvalue weighted by Gasteiger charge is -2.45. The molecule has 4 nitrogen and oxygen atoms in total. The number of halogens is 1. The van der Waals surface area contributed by atoms with Crippen molar-refractivity contribution in [3.8, 4) is 0 Å². The molecule has 2 heterocycles. The molecule has 1 aromatic carbocycles. The molecule has 5 heteroatoms. The van der Waals surface area contributed by atoms with E-state index in [9.17, 15) is 4.79 Å². The predicted molar refractivity (Wildman–Crippen MR) is 109 cm³/mol. The molecule has 0 aromatic heterocycles. The molecule has 0 N–H and O–H groups in total. The first-order valence-corrected chi connectivity index (χ1v) is 10.4. The maximum atomic E-state index is 12.3. The minimum atomic E-state index is -0.424. The molecule has 1 amide bonds. The third-order valence-corrected chi connectivity index (χ3v) is 6.09. The minimum absolute atomic E-state index is 0.166. The molecule has 0 bridgehead atoms. The molecule has 2 aliphatic heterocycles. The highest BCUT2D eigenvalue weighted by molar-refractivity contribution is 14.1. The zero-order valence-corrected chi connectivity index (χ0v) is 17.7. The van der Waals surface area contributed by atoms with E-state index < -0.39 is 5.60 Å². The van der Waals surface area contributed by atoms with Gasteiger partial charge in [-0.2, -0.15) is 0 Å². The van der Waals surface area contributed by atoms with Crippen molar-refractivity contribution in [3.63, 3.8) is 0 Å². The Bertz CT molecular complexity index is 591. The van der Waals surface area contributed by atoms with Crippen LogP contribution in [-0.4, -0.2) is 50.6 Å². The number of alkyl halides is 1. The second-order valence-corrected chi connectivity index (χ2v) is 10.1. The lowest BCUT2D eigenvalue weighted by molar-refractivity contribution is 0.00166. The molecule has 0 aliphatic carbocycles. The van der Waals surface area contributed by atoms with E-state index in [4.69, 9.17) is 4.74 Å². The number of benzene rings is 1. The van der Waals surface area contributed by atoms with Gasteiger partial charge in [0.15, 0.2) is 0 Å². The topological polar surface area (TPSA) is 32.8 Å². The van der Waals surface area contributed by atoms with Gasteiger partial charge in [-0.1, -0.05) is 52.9 Å². The molecule has 25 heavy (non-hydrogen) atoms. The molecule has 1 unspecified atom stereocenters. The molecule has 0 saturated carbocycles. The Hall–Kier alpha value is -0.820. The number of piperidine rings is 1. The Morgan fingerprint density at radius 1 is 1.24 bits per heavy atom. The van der Waals surface area contributed by atoms with Gasteiger partial charge in [0.1, 0.15) is 5.60 Å². The van der Waals surface area contributed by atoms with Crippen molar-refractivity contribution in [2.45, 2.75) is 61.6 Å². The van der Waals surface area contributed by atoms with Crippen molar-refractivity contribution in [2.24, 2.45) is 0 Å². The van der Waals surface area contributed by atoms with Crippen LogP contribution in [0.1, 0.15) is 45.6 Å². The second-order valence-electron chi connectivity index (χ2n) is 8.36. The van der Waals surface area contributed by atoms with E-state index in [1.807, 2.05) is 25.7 Å². The van der Waals surface area contributed by atoms with Gasteiger partial charge >= 0.3 is 6.09 Å². The number of ether oxygens (including phenoxy) is 1. The highest BCUT2D eigenvalue weighted by Crippen LogP contribution is 2.42. The SMILES string of the molecule is CC(C)(C)OC(=O)N1CCC2(CC1)CC(I)CN2Cc1ccccc1. The fourth-order valence-corrected chi connectivity index (χ4v) is 5.32. The highest BCUT2D eigenvalue weighted by atomic mass is 127. The number of amides is 1. The molecule has 1 aromatic rings. The zero-order chi connectivity index (χ0) is 18.1. The van der Waals surface area contributed by atoms with Crippen molar-refractivity contribution in [1.82, 2.24) is 9.80 Å². The third-order valence-electron chi connectivity index (χ3n) is 5.25. The first-order valence-electron chi connectivity index (χ1n) is 9.18. The van der Waals surface area contributed by atoms with E-state index in [1.54, 1.807) is 0 Å². The maximum Gasteiger partial charge on any atom is 0.410 e. The number of carbonyl (C=O) groups excluding carboxylic acids is 1. The molecule has 1 atom stereocenters. The van der Waals surface area contributed by atoms with E-state index in [0.29, 0.717) is 3.92 Å². The lowest BCUT2D eigenvalue weighted by atomic mass is 9.85. The summed E-state index contributed by atoms with van der Waals surface area (Å²) < 4.78 is 6.23. The van der Waals surface area contributed by atoms with Gasteiger partial charge in [-0.15, -0.1) is 0 Å². The number of hydrogen-bond acceptors (Lipinski definition) is 3. The van der Waals surface area contributed by atoms with Crippen molar-refractivity contribution < 1.29 is 9.53 Å². The fraction of sp³-hybridized carbons (Fsp3) is 0.650. The largest absolute Gasteiger partial charge is 0.444 e. The number of likely N-dealkylation sites (tertiary alicyclic amines) is 2. The Kier molecular flexibility index (Phi) is 5.63. The van der Waals surface area contributed by atoms with E-state index in [0.717, 1.165) is 39.0 Å². The number of carbonyl (C=O) groups is 1. The van der Waals surface area contributed by atoms with E-state index in [-0.39, 0.29) is 11.6 Å². The normalized spacial score (nSPS) is 23.8. The highest BCUT2D eigenvalue weighted by Gasteiger charge is 2.47. The van der Waals surface area contributed by atoms with Crippen LogP contribution < -0.4 is 0 Å². The number of hydrogen-bond donors (Lipinski definition) is 0. The van der Waals surface area contributed by atoms with Crippen LogP contribution in [0.25, 0.3) is 0 Å². The van der Waals surface area contributed by atoms with Crippen molar-refractivity contribution >= 4 is 28.7 Å². The first-order chi connectivity index (χ1) is 11.8.